The monoisotopic (exact) mass is 277 g/mol. The summed E-state index contributed by atoms with van der Waals surface area (Å²) in [4.78, 5) is 0. The van der Waals surface area contributed by atoms with Gasteiger partial charge in [-0.1, -0.05) is 12.1 Å². The molecule has 4 heteroatoms. The van der Waals surface area contributed by atoms with Gasteiger partial charge in [0.15, 0.2) is 0 Å². The van der Waals surface area contributed by atoms with E-state index in [1.165, 1.54) is 19.1 Å². The van der Waals surface area contributed by atoms with Gasteiger partial charge in [-0.05, 0) is 43.2 Å². The van der Waals surface area contributed by atoms with Crippen molar-refractivity contribution >= 4 is 5.69 Å². The molecule has 106 valence electrons. The van der Waals surface area contributed by atoms with Gasteiger partial charge in [-0.25, -0.2) is 8.78 Å². The Labute approximate surface area is 117 Å². The highest BCUT2D eigenvalue weighted by atomic mass is 19.1. The minimum absolute atomic E-state index is 0.169. The number of rotatable bonds is 5. The number of ether oxygens (including phenoxy) is 1. The van der Waals surface area contributed by atoms with E-state index in [2.05, 4.69) is 5.32 Å². The third-order valence-electron chi connectivity index (χ3n) is 2.97. The van der Waals surface area contributed by atoms with Crippen LogP contribution < -0.4 is 10.1 Å². The van der Waals surface area contributed by atoms with E-state index in [9.17, 15) is 8.78 Å². The first-order chi connectivity index (χ1) is 9.60. The molecule has 0 spiro atoms. The Hall–Kier alpha value is -2.10. The fourth-order valence-corrected chi connectivity index (χ4v) is 1.85. The fraction of sp³-hybridized carbons (Fsp3) is 0.250. The van der Waals surface area contributed by atoms with Crippen LogP contribution in [0.15, 0.2) is 36.4 Å². The maximum atomic E-state index is 13.6. The summed E-state index contributed by atoms with van der Waals surface area (Å²) >= 11 is 0. The van der Waals surface area contributed by atoms with E-state index in [1.54, 1.807) is 0 Å². The molecule has 0 saturated heterocycles. The lowest BCUT2D eigenvalue weighted by Crippen LogP contribution is -2.03. The average Bonchev–Trinajstić information content (AvgIpc) is 2.43. The van der Waals surface area contributed by atoms with Gasteiger partial charge in [0.2, 0.25) is 0 Å². The molecular formula is C16H17F2NO. The minimum Gasteiger partial charge on any atom is -0.494 e. The van der Waals surface area contributed by atoms with E-state index in [4.69, 9.17) is 4.74 Å². The molecule has 0 aliphatic heterocycles. The quantitative estimate of drug-likeness (QED) is 0.880. The van der Waals surface area contributed by atoms with Crippen LogP contribution in [-0.2, 0) is 6.54 Å². The van der Waals surface area contributed by atoms with E-state index >= 15 is 0 Å². The average molecular weight is 277 g/mol. The molecule has 0 saturated carbocycles. The number of nitrogens with one attached hydrogen (secondary N) is 1. The lowest BCUT2D eigenvalue weighted by molar-refractivity contribution is 0.340. The van der Waals surface area contributed by atoms with Crippen molar-refractivity contribution in [3.63, 3.8) is 0 Å². The Bertz CT molecular complexity index is 582. The number of hydrogen-bond acceptors (Lipinski definition) is 2. The molecule has 20 heavy (non-hydrogen) atoms. The number of hydrogen-bond donors (Lipinski definition) is 1. The molecule has 0 heterocycles. The normalized spacial score (nSPS) is 10.4. The molecule has 0 radical (unpaired) electrons. The first-order valence-corrected chi connectivity index (χ1v) is 6.51. The Morgan fingerprint density at radius 3 is 2.40 bits per heavy atom. The Morgan fingerprint density at radius 1 is 1.05 bits per heavy atom. The van der Waals surface area contributed by atoms with Gasteiger partial charge in [0.05, 0.1) is 12.3 Å². The number of aryl methyl sites for hydroxylation is 1. The molecule has 2 rings (SSSR count). The Morgan fingerprint density at radius 2 is 1.75 bits per heavy atom. The standard InChI is InChI=1S/C16H17F2NO/c1-3-20-13-6-4-12(5-7-13)10-19-16-9-14(17)11(2)8-15(16)18/h4-9,19H,3,10H2,1-2H3. The highest BCUT2D eigenvalue weighted by Crippen LogP contribution is 2.20. The molecule has 0 atom stereocenters. The predicted molar refractivity (Wildman–Crippen MR) is 76.0 cm³/mol. The second-order valence-corrected chi connectivity index (χ2v) is 4.51. The van der Waals surface area contributed by atoms with Crippen LogP contribution in [0.4, 0.5) is 14.5 Å². The first-order valence-electron chi connectivity index (χ1n) is 6.51. The van der Waals surface area contributed by atoms with Gasteiger partial charge in [0.25, 0.3) is 0 Å². The Balaban J connectivity index is 2.03. The second-order valence-electron chi connectivity index (χ2n) is 4.51. The summed E-state index contributed by atoms with van der Waals surface area (Å²) in [6.07, 6.45) is 0. The van der Waals surface area contributed by atoms with Gasteiger partial charge >= 0.3 is 0 Å². The van der Waals surface area contributed by atoms with Crippen molar-refractivity contribution in [2.24, 2.45) is 0 Å². The molecule has 0 amide bonds. The molecule has 0 bridgehead atoms. The predicted octanol–water partition coefficient (Wildman–Crippen LogP) is 4.28. The summed E-state index contributed by atoms with van der Waals surface area (Å²) in [5, 5.41) is 2.89. The zero-order valence-corrected chi connectivity index (χ0v) is 11.5. The van der Waals surface area contributed by atoms with Crippen molar-refractivity contribution in [1.82, 2.24) is 0 Å². The van der Waals surface area contributed by atoms with Crippen molar-refractivity contribution in [2.75, 3.05) is 11.9 Å². The SMILES string of the molecule is CCOc1ccc(CNc2cc(F)c(C)cc2F)cc1. The second kappa shape index (κ2) is 6.37. The largest absolute Gasteiger partial charge is 0.494 e. The number of anilines is 1. The van der Waals surface area contributed by atoms with Crippen LogP contribution in [0.25, 0.3) is 0 Å². The molecule has 2 aromatic carbocycles. The van der Waals surface area contributed by atoms with E-state index in [0.29, 0.717) is 18.7 Å². The third kappa shape index (κ3) is 3.47. The van der Waals surface area contributed by atoms with Crippen LogP contribution in [0.2, 0.25) is 0 Å². The van der Waals surface area contributed by atoms with E-state index in [1.807, 2.05) is 31.2 Å². The topological polar surface area (TPSA) is 21.3 Å². The zero-order valence-electron chi connectivity index (χ0n) is 11.5. The van der Waals surface area contributed by atoms with E-state index < -0.39 is 11.6 Å². The summed E-state index contributed by atoms with van der Waals surface area (Å²) in [5.74, 6) is -0.0701. The Kier molecular flexibility index (Phi) is 4.56. The lowest BCUT2D eigenvalue weighted by Gasteiger charge is -2.10. The molecule has 1 N–H and O–H groups in total. The molecule has 0 fully saturated rings. The summed E-state index contributed by atoms with van der Waals surface area (Å²) in [5.41, 5.74) is 1.44. The van der Waals surface area contributed by atoms with E-state index in [-0.39, 0.29) is 5.69 Å². The minimum atomic E-state index is -0.449. The highest BCUT2D eigenvalue weighted by molar-refractivity contribution is 5.47. The van der Waals surface area contributed by atoms with Crippen LogP contribution in [0.3, 0.4) is 0 Å². The van der Waals surface area contributed by atoms with Gasteiger partial charge in [0.1, 0.15) is 17.4 Å². The maximum Gasteiger partial charge on any atom is 0.146 e. The van der Waals surface area contributed by atoms with E-state index in [0.717, 1.165) is 11.3 Å². The lowest BCUT2D eigenvalue weighted by atomic mass is 10.2. The van der Waals surface area contributed by atoms with Crippen LogP contribution >= 0.6 is 0 Å². The van der Waals surface area contributed by atoms with Crippen molar-refractivity contribution in [3.8, 4) is 5.75 Å². The fourth-order valence-electron chi connectivity index (χ4n) is 1.85. The summed E-state index contributed by atoms with van der Waals surface area (Å²) in [7, 11) is 0. The van der Waals surface area contributed by atoms with Crippen molar-refractivity contribution in [1.29, 1.82) is 0 Å². The smallest absolute Gasteiger partial charge is 0.146 e. The van der Waals surface area contributed by atoms with Crippen molar-refractivity contribution in [3.05, 3.63) is 59.2 Å². The maximum absolute atomic E-state index is 13.6. The number of benzene rings is 2. The van der Waals surface area contributed by atoms with Crippen molar-refractivity contribution in [2.45, 2.75) is 20.4 Å². The molecule has 2 aromatic rings. The zero-order chi connectivity index (χ0) is 14.5. The van der Waals surface area contributed by atoms with Crippen LogP contribution in [0.1, 0.15) is 18.1 Å². The van der Waals surface area contributed by atoms with Gasteiger partial charge in [-0.15, -0.1) is 0 Å². The molecule has 0 aliphatic carbocycles. The van der Waals surface area contributed by atoms with Crippen LogP contribution in [0.5, 0.6) is 5.75 Å². The third-order valence-corrected chi connectivity index (χ3v) is 2.97. The molecule has 0 aromatic heterocycles. The highest BCUT2D eigenvalue weighted by Gasteiger charge is 2.06. The first kappa shape index (κ1) is 14.3. The van der Waals surface area contributed by atoms with Crippen molar-refractivity contribution < 1.29 is 13.5 Å². The van der Waals surface area contributed by atoms with Gasteiger partial charge < -0.3 is 10.1 Å². The van der Waals surface area contributed by atoms with Gasteiger partial charge in [-0.2, -0.15) is 0 Å². The molecule has 0 aliphatic rings. The van der Waals surface area contributed by atoms with Gasteiger partial charge in [-0.3, -0.25) is 0 Å². The summed E-state index contributed by atoms with van der Waals surface area (Å²) in [6, 6.07) is 9.86. The van der Waals surface area contributed by atoms with Crippen LogP contribution in [-0.4, -0.2) is 6.61 Å². The summed E-state index contributed by atoms with van der Waals surface area (Å²) < 4.78 is 32.4. The molecule has 0 unspecified atom stereocenters. The van der Waals surface area contributed by atoms with Gasteiger partial charge in [0, 0.05) is 12.6 Å². The molecule has 2 nitrogen and oxygen atoms in total. The molecular weight excluding hydrogens is 260 g/mol. The van der Waals surface area contributed by atoms with Crippen LogP contribution in [0, 0.1) is 18.6 Å². The summed E-state index contributed by atoms with van der Waals surface area (Å²) in [6.45, 7) is 4.50. The number of halogens is 2.